The van der Waals surface area contributed by atoms with E-state index < -0.39 is 23.0 Å². The minimum absolute atomic E-state index is 0.219. The van der Waals surface area contributed by atoms with Crippen LogP contribution in [0.15, 0.2) is 18.2 Å². The molecule has 3 nitrogen and oxygen atoms in total. The molecule has 3 N–H and O–H groups in total. The average Bonchev–Trinajstić information content (AvgIpc) is 2.31. The molecule has 0 bridgehead atoms. The van der Waals surface area contributed by atoms with Gasteiger partial charge in [-0.3, -0.25) is 4.79 Å². The predicted octanol–water partition coefficient (Wildman–Crippen LogP) is 1.94. The number of rotatable bonds is 5. The van der Waals surface area contributed by atoms with Crippen LogP contribution in [0.1, 0.15) is 19.4 Å². The van der Waals surface area contributed by atoms with Crippen molar-refractivity contribution in [1.82, 2.24) is 5.32 Å². The van der Waals surface area contributed by atoms with Crippen molar-refractivity contribution in [1.29, 1.82) is 0 Å². The third kappa shape index (κ3) is 4.24. The number of benzene rings is 1. The lowest BCUT2D eigenvalue weighted by molar-refractivity contribution is -0.120. The highest BCUT2D eigenvalue weighted by molar-refractivity contribution is 7.80. The molecule has 0 aliphatic rings. The zero-order valence-corrected chi connectivity index (χ0v) is 11.6. The number of carbonyl (C=O) groups excluding carboxylic acids is 1. The van der Waals surface area contributed by atoms with Gasteiger partial charge in [0.25, 0.3) is 0 Å². The standard InChI is InChI=1S/C13H16F2N2OS/c1-13(2,12(16)19)7-17-11(18)6-8-9(14)4-3-5-10(8)15/h3-5H,6-7H2,1-2H3,(H2,16,19)(H,17,18). The molecule has 0 radical (unpaired) electrons. The van der Waals surface area contributed by atoms with Crippen LogP contribution in [0.4, 0.5) is 8.78 Å². The van der Waals surface area contributed by atoms with Crippen molar-refractivity contribution in [2.75, 3.05) is 6.54 Å². The summed E-state index contributed by atoms with van der Waals surface area (Å²) < 4.78 is 26.7. The molecule has 0 spiro atoms. The second-order valence-corrected chi connectivity index (χ2v) is 5.34. The van der Waals surface area contributed by atoms with Gasteiger partial charge in [-0.25, -0.2) is 8.78 Å². The molecule has 0 fully saturated rings. The summed E-state index contributed by atoms with van der Waals surface area (Å²) in [6.45, 7) is 3.77. The van der Waals surface area contributed by atoms with Crippen LogP contribution >= 0.6 is 12.2 Å². The van der Waals surface area contributed by atoms with Crippen LogP contribution in [-0.4, -0.2) is 17.4 Å². The minimum atomic E-state index is -0.733. The molecule has 0 aliphatic heterocycles. The van der Waals surface area contributed by atoms with Crippen molar-refractivity contribution in [3.63, 3.8) is 0 Å². The van der Waals surface area contributed by atoms with Gasteiger partial charge in [-0.1, -0.05) is 32.1 Å². The Morgan fingerprint density at radius 1 is 1.37 bits per heavy atom. The van der Waals surface area contributed by atoms with E-state index >= 15 is 0 Å². The molecule has 0 aliphatic carbocycles. The zero-order chi connectivity index (χ0) is 14.6. The van der Waals surface area contributed by atoms with E-state index in [1.165, 1.54) is 6.07 Å². The van der Waals surface area contributed by atoms with Gasteiger partial charge < -0.3 is 11.1 Å². The molecule has 19 heavy (non-hydrogen) atoms. The van der Waals surface area contributed by atoms with E-state index in [1.807, 2.05) is 0 Å². The summed E-state index contributed by atoms with van der Waals surface area (Å²) in [6, 6.07) is 3.48. The largest absolute Gasteiger partial charge is 0.393 e. The smallest absolute Gasteiger partial charge is 0.224 e. The first-order chi connectivity index (χ1) is 8.74. The SMILES string of the molecule is CC(C)(CNC(=O)Cc1c(F)cccc1F)C(N)=S. The van der Waals surface area contributed by atoms with E-state index in [4.69, 9.17) is 18.0 Å². The highest BCUT2D eigenvalue weighted by Gasteiger charge is 2.22. The van der Waals surface area contributed by atoms with E-state index in [1.54, 1.807) is 13.8 Å². The molecular formula is C13H16F2N2OS. The zero-order valence-electron chi connectivity index (χ0n) is 10.8. The third-order valence-corrected chi connectivity index (χ3v) is 3.35. The average molecular weight is 286 g/mol. The normalized spacial score (nSPS) is 11.2. The van der Waals surface area contributed by atoms with Crippen LogP contribution in [0.3, 0.4) is 0 Å². The Morgan fingerprint density at radius 3 is 2.37 bits per heavy atom. The molecule has 6 heteroatoms. The second kappa shape index (κ2) is 6.06. The van der Waals surface area contributed by atoms with E-state index in [-0.39, 0.29) is 23.5 Å². The van der Waals surface area contributed by atoms with Crippen molar-refractivity contribution in [3.05, 3.63) is 35.4 Å². The van der Waals surface area contributed by atoms with Crippen LogP contribution in [0.25, 0.3) is 0 Å². The van der Waals surface area contributed by atoms with Crippen molar-refractivity contribution in [3.8, 4) is 0 Å². The van der Waals surface area contributed by atoms with E-state index in [0.29, 0.717) is 0 Å². The van der Waals surface area contributed by atoms with Gasteiger partial charge >= 0.3 is 0 Å². The Hall–Kier alpha value is -1.56. The maximum absolute atomic E-state index is 13.4. The topological polar surface area (TPSA) is 55.1 Å². The lowest BCUT2D eigenvalue weighted by Gasteiger charge is -2.23. The van der Waals surface area contributed by atoms with Gasteiger partial charge in [0.05, 0.1) is 11.4 Å². The molecule has 0 saturated heterocycles. The van der Waals surface area contributed by atoms with Crippen LogP contribution < -0.4 is 11.1 Å². The molecule has 1 rings (SSSR count). The van der Waals surface area contributed by atoms with Gasteiger partial charge in [-0.15, -0.1) is 0 Å². The van der Waals surface area contributed by atoms with Gasteiger partial charge in [0.2, 0.25) is 5.91 Å². The molecule has 0 heterocycles. The first kappa shape index (κ1) is 15.5. The fourth-order valence-electron chi connectivity index (χ4n) is 1.33. The Morgan fingerprint density at radius 2 is 1.89 bits per heavy atom. The van der Waals surface area contributed by atoms with Crippen LogP contribution in [-0.2, 0) is 11.2 Å². The first-order valence-corrected chi connectivity index (χ1v) is 6.14. The van der Waals surface area contributed by atoms with Crippen LogP contribution in [0, 0.1) is 17.0 Å². The summed E-state index contributed by atoms with van der Waals surface area (Å²) in [5, 5.41) is 2.57. The van der Waals surface area contributed by atoms with Gasteiger partial charge in [0, 0.05) is 17.5 Å². The van der Waals surface area contributed by atoms with E-state index in [2.05, 4.69) is 5.32 Å². The Balaban J connectivity index is 2.64. The Bertz CT molecular complexity index is 483. The quantitative estimate of drug-likeness (QED) is 0.813. The first-order valence-electron chi connectivity index (χ1n) is 5.73. The molecular weight excluding hydrogens is 270 g/mol. The van der Waals surface area contributed by atoms with Gasteiger partial charge in [0.15, 0.2) is 0 Å². The number of nitrogens with two attached hydrogens (primary N) is 1. The summed E-state index contributed by atoms with van der Waals surface area (Å²) in [4.78, 5) is 11.9. The number of hydrogen-bond acceptors (Lipinski definition) is 2. The fourth-order valence-corrected chi connectivity index (χ4v) is 1.40. The fraction of sp³-hybridized carbons (Fsp3) is 0.385. The number of amides is 1. The Kier molecular flexibility index (Phi) is 4.94. The second-order valence-electron chi connectivity index (χ2n) is 4.90. The number of thiocarbonyl (C=S) groups is 1. The number of halogens is 2. The highest BCUT2D eigenvalue weighted by atomic mass is 32.1. The van der Waals surface area contributed by atoms with Crippen molar-refractivity contribution in [2.24, 2.45) is 11.1 Å². The maximum Gasteiger partial charge on any atom is 0.224 e. The van der Waals surface area contributed by atoms with E-state index in [9.17, 15) is 13.6 Å². The van der Waals surface area contributed by atoms with Crippen molar-refractivity contribution >= 4 is 23.1 Å². The van der Waals surface area contributed by atoms with Gasteiger partial charge in [0.1, 0.15) is 11.6 Å². The lowest BCUT2D eigenvalue weighted by Crippen LogP contribution is -2.42. The summed E-state index contributed by atoms with van der Waals surface area (Å²) >= 11 is 4.86. The third-order valence-electron chi connectivity index (χ3n) is 2.79. The van der Waals surface area contributed by atoms with Gasteiger partial charge in [-0.05, 0) is 12.1 Å². The summed E-state index contributed by atoms with van der Waals surface area (Å²) in [5.74, 6) is -1.94. The van der Waals surface area contributed by atoms with Crippen LogP contribution in [0.2, 0.25) is 0 Å². The maximum atomic E-state index is 13.4. The monoisotopic (exact) mass is 286 g/mol. The number of carbonyl (C=O) groups is 1. The molecule has 1 aromatic carbocycles. The van der Waals surface area contributed by atoms with Gasteiger partial charge in [-0.2, -0.15) is 0 Å². The molecule has 104 valence electrons. The number of nitrogens with one attached hydrogen (secondary N) is 1. The van der Waals surface area contributed by atoms with Crippen molar-refractivity contribution in [2.45, 2.75) is 20.3 Å². The summed E-state index contributed by atoms with van der Waals surface area (Å²) in [6.07, 6.45) is -0.355. The lowest BCUT2D eigenvalue weighted by atomic mass is 9.93. The number of hydrogen-bond donors (Lipinski definition) is 2. The predicted molar refractivity (Wildman–Crippen MR) is 73.6 cm³/mol. The molecule has 1 aromatic rings. The van der Waals surface area contributed by atoms with Crippen molar-refractivity contribution < 1.29 is 13.6 Å². The molecule has 0 unspecified atom stereocenters. The van der Waals surface area contributed by atoms with E-state index in [0.717, 1.165) is 12.1 Å². The minimum Gasteiger partial charge on any atom is -0.393 e. The molecule has 0 atom stereocenters. The molecule has 1 amide bonds. The molecule has 0 saturated carbocycles. The molecule has 0 aromatic heterocycles. The summed E-state index contributed by atoms with van der Waals surface area (Å²) in [7, 11) is 0. The Labute approximate surface area is 116 Å². The summed E-state index contributed by atoms with van der Waals surface area (Å²) in [5.41, 5.74) is 4.73. The highest BCUT2D eigenvalue weighted by Crippen LogP contribution is 2.15. The van der Waals surface area contributed by atoms with Crippen LogP contribution in [0.5, 0.6) is 0 Å².